The van der Waals surface area contributed by atoms with Gasteiger partial charge in [0.15, 0.2) is 5.76 Å². The maximum absolute atomic E-state index is 12.6. The SMILES string of the molecule is Cc1ccc(C(=O)NC2CCCNC2C)cc1NC(=O)c1ccco1. The fraction of sp³-hybridized carbons (Fsp3) is 0.368. The minimum atomic E-state index is -0.337. The fourth-order valence-corrected chi connectivity index (χ4v) is 2.98. The molecule has 0 aliphatic carbocycles. The second kappa shape index (κ2) is 7.53. The number of carbonyl (C=O) groups is 2. The number of amides is 2. The highest BCUT2D eigenvalue weighted by atomic mass is 16.3. The van der Waals surface area contributed by atoms with E-state index in [1.807, 2.05) is 13.0 Å². The minimum absolute atomic E-state index is 0.115. The highest BCUT2D eigenvalue weighted by Gasteiger charge is 2.23. The second-order valence-corrected chi connectivity index (χ2v) is 6.43. The van der Waals surface area contributed by atoms with Crippen LogP contribution in [0.1, 0.15) is 46.2 Å². The van der Waals surface area contributed by atoms with Gasteiger partial charge in [-0.25, -0.2) is 0 Å². The van der Waals surface area contributed by atoms with E-state index in [4.69, 9.17) is 4.42 Å². The van der Waals surface area contributed by atoms with Gasteiger partial charge in [0, 0.05) is 23.3 Å². The first-order valence-corrected chi connectivity index (χ1v) is 8.54. The number of hydrogen-bond acceptors (Lipinski definition) is 4. The van der Waals surface area contributed by atoms with Crippen molar-refractivity contribution < 1.29 is 14.0 Å². The van der Waals surface area contributed by atoms with Gasteiger partial charge in [0.2, 0.25) is 0 Å². The fourth-order valence-electron chi connectivity index (χ4n) is 2.98. The van der Waals surface area contributed by atoms with Crippen molar-refractivity contribution in [1.82, 2.24) is 10.6 Å². The third-order valence-electron chi connectivity index (χ3n) is 4.57. The smallest absolute Gasteiger partial charge is 0.291 e. The first-order chi connectivity index (χ1) is 12.0. The van der Waals surface area contributed by atoms with Crippen molar-refractivity contribution in [1.29, 1.82) is 0 Å². The Hall–Kier alpha value is -2.60. The van der Waals surface area contributed by atoms with E-state index in [0.29, 0.717) is 11.3 Å². The number of anilines is 1. The van der Waals surface area contributed by atoms with E-state index in [1.165, 1.54) is 6.26 Å². The molecule has 1 aromatic heterocycles. The Kier molecular flexibility index (Phi) is 5.19. The van der Waals surface area contributed by atoms with Gasteiger partial charge in [-0.3, -0.25) is 9.59 Å². The van der Waals surface area contributed by atoms with Gasteiger partial charge in [-0.15, -0.1) is 0 Å². The molecule has 2 aromatic rings. The van der Waals surface area contributed by atoms with Crippen LogP contribution in [-0.2, 0) is 0 Å². The standard InChI is InChI=1S/C19H23N3O3/c1-12-7-8-14(18(23)21-15-5-3-9-20-13(15)2)11-16(12)22-19(24)17-6-4-10-25-17/h4,6-8,10-11,13,15,20H,3,5,9H2,1-2H3,(H,21,23)(H,22,24). The van der Waals surface area contributed by atoms with E-state index in [-0.39, 0.29) is 29.7 Å². The molecular formula is C19H23N3O3. The van der Waals surface area contributed by atoms with Crippen LogP contribution >= 0.6 is 0 Å². The molecule has 6 heteroatoms. The number of rotatable bonds is 4. The zero-order valence-electron chi connectivity index (χ0n) is 14.5. The number of nitrogens with one attached hydrogen (secondary N) is 3. The van der Waals surface area contributed by atoms with Crippen LogP contribution in [-0.4, -0.2) is 30.4 Å². The van der Waals surface area contributed by atoms with Crippen LogP contribution in [0.2, 0.25) is 0 Å². The van der Waals surface area contributed by atoms with Crippen LogP contribution in [0, 0.1) is 6.92 Å². The molecule has 2 atom stereocenters. The lowest BCUT2D eigenvalue weighted by molar-refractivity contribution is 0.0918. The third-order valence-corrected chi connectivity index (χ3v) is 4.57. The zero-order chi connectivity index (χ0) is 17.8. The van der Waals surface area contributed by atoms with Crippen molar-refractivity contribution in [2.24, 2.45) is 0 Å². The number of piperidine rings is 1. The average molecular weight is 341 g/mol. The first kappa shape index (κ1) is 17.2. The summed E-state index contributed by atoms with van der Waals surface area (Å²) in [6.45, 7) is 4.95. The summed E-state index contributed by atoms with van der Waals surface area (Å²) in [4.78, 5) is 24.7. The van der Waals surface area contributed by atoms with Crippen LogP contribution in [0.5, 0.6) is 0 Å². The van der Waals surface area contributed by atoms with Gasteiger partial charge >= 0.3 is 0 Å². The normalized spacial score (nSPS) is 20.1. The Bertz CT molecular complexity index is 755. The molecule has 1 aliphatic heterocycles. The van der Waals surface area contributed by atoms with E-state index in [0.717, 1.165) is 24.9 Å². The van der Waals surface area contributed by atoms with Crippen LogP contribution in [0.3, 0.4) is 0 Å². The highest BCUT2D eigenvalue weighted by molar-refractivity contribution is 6.04. The molecule has 0 saturated carbocycles. The second-order valence-electron chi connectivity index (χ2n) is 6.43. The van der Waals surface area contributed by atoms with Crippen molar-refractivity contribution in [3.63, 3.8) is 0 Å². The molecule has 0 radical (unpaired) electrons. The van der Waals surface area contributed by atoms with Crippen LogP contribution in [0.4, 0.5) is 5.69 Å². The Balaban J connectivity index is 1.72. The Morgan fingerprint density at radius 1 is 1.24 bits per heavy atom. The van der Waals surface area contributed by atoms with E-state index < -0.39 is 0 Å². The molecule has 3 N–H and O–H groups in total. The van der Waals surface area contributed by atoms with Crippen molar-refractivity contribution >= 4 is 17.5 Å². The summed E-state index contributed by atoms with van der Waals surface area (Å²) in [6, 6.07) is 8.92. The highest BCUT2D eigenvalue weighted by Crippen LogP contribution is 2.19. The molecule has 3 rings (SSSR count). The van der Waals surface area contributed by atoms with E-state index in [9.17, 15) is 9.59 Å². The van der Waals surface area contributed by atoms with Crippen LogP contribution < -0.4 is 16.0 Å². The number of benzene rings is 1. The van der Waals surface area contributed by atoms with Gasteiger partial charge in [-0.1, -0.05) is 6.07 Å². The van der Waals surface area contributed by atoms with Gasteiger partial charge in [0.25, 0.3) is 11.8 Å². The van der Waals surface area contributed by atoms with Gasteiger partial charge in [-0.05, 0) is 63.1 Å². The van der Waals surface area contributed by atoms with E-state index >= 15 is 0 Å². The molecule has 1 saturated heterocycles. The largest absolute Gasteiger partial charge is 0.459 e. The van der Waals surface area contributed by atoms with Crippen molar-refractivity contribution in [3.05, 3.63) is 53.5 Å². The van der Waals surface area contributed by atoms with Crippen molar-refractivity contribution in [2.45, 2.75) is 38.8 Å². The average Bonchev–Trinajstić information content (AvgIpc) is 3.13. The first-order valence-electron chi connectivity index (χ1n) is 8.54. The summed E-state index contributed by atoms with van der Waals surface area (Å²) in [5, 5.41) is 9.24. The molecule has 1 aliphatic rings. The number of aryl methyl sites for hydroxylation is 1. The van der Waals surface area contributed by atoms with Crippen molar-refractivity contribution in [2.75, 3.05) is 11.9 Å². The quantitative estimate of drug-likeness (QED) is 0.798. The van der Waals surface area contributed by atoms with Gasteiger partial charge in [-0.2, -0.15) is 0 Å². The molecule has 1 aromatic carbocycles. The molecule has 6 nitrogen and oxygen atoms in total. The summed E-state index contributed by atoms with van der Waals surface area (Å²) < 4.78 is 5.10. The molecule has 0 spiro atoms. The van der Waals surface area contributed by atoms with Crippen molar-refractivity contribution in [3.8, 4) is 0 Å². The number of carbonyl (C=O) groups excluding carboxylic acids is 2. The Morgan fingerprint density at radius 2 is 2.08 bits per heavy atom. The maximum atomic E-state index is 12.6. The zero-order valence-corrected chi connectivity index (χ0v) is 14.5. The van der Waals surface area contributed by atoms with E-state index in [2.05, 4.69) is 22.9 Å². The molecule has 2 amide bonds. The molecule has 0 bridgehead atoms. The summed E-state index contributed by atoms with van der Waals surface area (Å²) in [6.07, 6.45) is 3.46. The maximum Gasteiger partial charge on any atom is 0.291 e. The lowest BCUT2D eigenvalue weighted by atomic mass is 9.99. The summed E-state index contributed by atoms with van der Waals surface area (Å²) in [7, 11) is 0. The molecule has 1 fully saturated rings. The Morgan fingerprint density at radius 3 is 2.80 bits per heavy atom. The van der Waals surface area contributed by atoms with Crippen LogP contribution in [0.25, 0.3) is 0 Å². The molecule has 2 heterocycles. The van der Waals surface area contributed by atoms with Gasteiger partial charge < -0.3 is 20.4 Å². The lowest BCUT2D eigenvalue weighted by Gasteiger charge is -2.30. The predicted octanol–water partition coefficient (Wildman–Crippen LogP) is 2.71. The topological polar surface area (TPSA) is 83.4 Å². The summed E-state index contributed by atoms with van der Waals surface area (Å²) >= 11 is 0. The van der Waals surface area contributed by atoms with Gasteiger partial charge in [0.1, 0.15) is 0 Å². The molecular weight excluding hydrogens is 318 g/mol. The molecule has 2 unspecified atom stereocenters. The third kappa shape index (κ3) is 4.09. The van der Waals surface area contributed by atoms with Gasteiger partial charge in [0.05, 0.1) is 6.26 Å². The number of hydrogen-bond donors (Lipinski definition) is 3. The monoisotopic (exact) mass is 341 g/mol. The van der Waals surface area contributed by atoms with E-state index in [1.54, 1.807) is 24.3 Å². The molecule has 25 heavy (non-hydrogen) atoms. The Labute approximate surface area is 147 Å². The summed E-state index contributed by atoms with van der Waals surface area (Å²) in [5.74, 6) is -0.235. The van der Waals surface area contributed by atoms with Crippen LogP contribution in [0.15, 0.2) is 41.0 Å². The predicted molar refractivity (Wildman–Crippen MR) is 95.8 cm³/mol. The lowest BCUT2D eigenvalue weighted by Crippen LogP contribution is -2.51. The minimum Gasteiger partial charge on any atom is -0.459 e. The summed E-state index contributed by atoms with van der Waals surface area (Å²) in [5.41, 5.74) is 2.01. The number of furan rings is 1. The molecule has 132 valence electrons.